The molecule has 202 valence electrons. The van der Waals surface area contributed by atoms with Crippen molar-refractivity contribution in [1.29, 1.82) is 0 Å². The van der Waals surface area contributed by atoms with E-state index in [0.29, 0.717) is 66.1 Å². The average molecular weight is 503 g/mol. The Morgan fingerprint density at radius 2 is 0.857 bits per heavy atom. The minimum Gasteiger partial charge on any atom is -0.463 e. The molecule has 0 aromatic rings. The molecule has 0 unspecified atom stereocenters. The summed E-state index contributed by atoms with van der Waals surface area (Å²) < 4.78 is 42.8. The Balaban J connectivity index is 1.57. The Morgan fingerprint density at radius 1 is 0.543 bits per heavy atom. The topological polar surface area (TPSA) is 108 Å². The summed E-state index contributed by atoms with van der Waals surface area (Å²) in [7, 11) is 0. The number of hydrogen-bond donors (Lipinski definition) is 0. The Kier molecular flexibility index (Phi) is 15.8. The van der Waals surface area contributed by atoms with Gasteiger partial charge in [0.2, 0.25) is 0 Å². The first-order valence-corrected chi connectivity index (χ1v) is 12.7. The molecule has 0 spiro atoms. The summed E-state index contributed by atoms with van der Waals surface area (Å²) in [4.78, 5) is 25.4. The highest BCUT2D eigenvalue weighted by atomic mass is 16.6. The van der Waals surface area contributed by atoms with Crippen LogP contribution in [-0.4, -0.2) is 104 Å². The second kappa shape index (κ2) is 18.7. The summed E-state index contributed by atoms with van der Waals surface area (Å²) in [6.07, 6.45) is 4.78. The van der Waals surface area contributed by atoms with Gasteiger partial charge in [0.1, 0.15) is 13.2 Å². The molecule has 0 saturated heterocycles. The second-order valence-corrected chi connectivity index (χ2v) is 8.18. The molecule has 10 nitrogen and oxygen atoms in total. The summed E-state index contributed by atoms with van der Waals surface area (Å²) in [5, 5.41) is 0. The fourth-order valence-corrected chi connectivity index (χ4v) is 4.23. The maximum Gasteiger partial charge on any atom is 0.310 e. The summed E-state index contributed by atoms with van der Waals surface area (Å²) in [5.74, 6) is -1.76. The number of allylic oxidation sites excluding steroid dienone is 2. The Hall–Kier alpha value is -1.56. The molecule has 2 aliphatic carbocycles. The van der Waals surface area contributed by atoms with Gasteiger partial charge in [0, 0.05) is 13.2 Å². The van der Waals surface area contributed by atoms with Crippen molar-refractivity contribution in [2.45, 2.75) is 20.3 Å². The van der Waals surface area contributed by atoms with E-state index in [4.69, 9.17) is 37.9 Å². The highest BCUT2D eigenvalue weighted by Crippen LogP contribution is 2.49. The minimum absolute atomic E-state index is 0.00907. The number of fused-ring (bicyclic) bond motifs is 2. The lowest BCUT2D eigenvalue weighted by Crippen LogP contribution is -2.36. The molecule has 0 aromatic carbocycles. The lowest BCUT2D eigenvalue weighted by molar-refractivity contribution is -0.163. The summed E-state index contributed by atoms with van der Waals surface area (Å²) >= 11 is 0. The van der Waals surface area contributed by atoms with E-state index in [1.165, 1.54) is 0 Å². The van der Waals surface area contributed by atoms with Crippen LogP contribution in [0, 0.1) is 23.7 Å². The predicted octanol–water partition coefficient (Wildman–Crippen LogP) is 1.65. The van der Waals surface area contributed by atoms with E-state index in [9.17, 15) is 9.59 Å². The molecule has 0 aromatic heterocycles. The molecule has 0 radical (unpaired) electrons. The van der Waals surface area contributed by atoms with Gasteiger partial charge in [-0.3, -0.25) is 9.59 Å². The van der Waals surface area contributed by atoms with Crippen LogP contribution in [0.15, 0.2) is 12.2 Å². The van der Waals surface area contributed by atoms with Gasteiger partial charge in [0.15, 0.2) is 0 Å². The van der Waals surface area contributed by atoms with E-state index in [0.717, 1.165) is 6.42 Å². The monoisotopic (exact) mass is 502 g/mol. The average Bonchev–Trinajstić information content (AvgIpc) is 3.48. The fourth-order valence-electron chi connectivity index (χ4n) is 4.23. The molecule has 1 fully saturated rings. The first-order chi connectivity index (χ1) is 17.2. The molecule has 0 aliphatic heterocycles. The molecule has 1 saturated carbocycles. The molecule has 4 atom stereocenters. The van der Waals surface area contributed by atoms with Crippen molar-refractivity contribution in [2.75, 3.05) is 92.5 Å². The van der Waals surface area contributed by atoms with Crippen LogP contribution in [0.5, 0.6) is 0 Å². The van der Waals surface area contributed by atoms with Crippen molar-refractivity contribution in [1.82, 2.24) is 0 Å². The maximum absolute atomic E-state index is 12.7. The number of hydrogen-bond acceptors (Lipinski definition) is 10. The van der Waals surface area contributed by atoms with Crippen LogP contribution in [0.3, 0.4) is 0 Å². The van der Waals surface area contributed by atoms with Gasteiger partial charge in [-0.25, -0.2) is 0 Å². The van der Waals surface area contributed by atoms with Crippen LogP contribution in [-0.2, 0) is 47.5 Å². The third-order valence-corrected chi connectivity index (χ3v) is 5.84. The quantitative estimate of drug-likeness (QED) is 0.123. The van der Waals surface area contributed by atoms with Gasteiger partial charge in [0.05, 0.1) is 77.9 Å². The number of carbonyl (C=O) groups excluding carboxylic acids is 2. The number of esters is 2. The predicted molar refractivity (Wildman–Crippen MR) is 126 cm³/mol. The van der Waals surface area contributed by atoms with Gasteiger partial charge in [-0.15, -0.1) is 0 Å². The molecular weight excluding hydrogens is 460 g/mol. The minimum atomic E-state index is -0.515. The fraction of sp³-hybridized carbons (Fsp3) is 0.840. The van der Waals surface area contributed by atoms with Gasteiger partial charge in [-0.05, 0) is 32.1 Å². The van der Waals surface area contributed by atoms with Crippen molar-refractivity contribution in [2.24, 2.45) is 23.7 Å². The van der Waals surface area contributed by atoms with Crippen LogP contribution in [0.1, 0.15) is 20.3 Å². The van der Waals surface area contributed by atoms with Crippen LogP contribution in [0.4, 0.5) is 0 Å². The highest BCUT2D eigenvalue weighted by molar-refractivity contribution is 5.84. The van der Waals surface area contributed by atoms with Crippen molar-refractivity contribution >= 4 is 11.9 Å². The second-order valence-electron chi connectivity index (χ2n) is 8.18. The van der Waals surface area contributed by atoms with Crippen LogP contribution < -0.4 is 0 Å². The van der Waals surface area contributed by atoms with Gasteiger partial charge in [-0.2, -0.15) is 0 Å². The first-order valence-electron chi connectivity index (χ1n) is 12.7. The number of carbonyl (C=O) groups is 2. The number of rotatable bonds is 22. The van der Waals surface area contributed by atoms with Crippen LogP contribution >= 0.6 is 0 Å². The lowest BCUT2D eigenvalue weighted by Gasteiger charge is -2.25. The summed E-state index contributed by atoms with van der Waals surface area (Å²) in [6, 6.07) is 0. The highest BCUT2D eigenvalue weighted by Gasteiger charge is 2.53. The normalized spacial score (nSPS) is 22.6. The van der Waals surface area contributed by atoms with Crippen molar-refractivity contribution in [3.63, 3.8) is 0 Å². The smallest absolute Gasteiger partial charge is 0.310 e. The zero-order chi connectivity index (χ0) is 25.1. The van der Waals surface area contributed by atoms with E-state index in [1.807, 2.05) is 26.0 Å². The molecule has 10 heteroatoms. The van der Waals surface area contributed by atoms with Crippen molar-refractivity contribution in [3.05, 3.63) is 12.2 Å². The third-order valence-electron chi connectivity index (χ3n) is 5.84. The molecule has 35 heavy (non-hydrogen) atoms. The zero-order valence-corrected chi connectivity index (χ0v) is 21.2. The van der Waals surface area contributed by atoms with Gasteiger partial charge in [0.25, 0.3) is 0 Å². The SMILES string of the molecule is CCOCCOCCOCCOC(=O)[C@@H]1[C@@H](C(=O)OCCOCCOCCOCC)[C@H]2C=C[C@@H]1C2. The molecule has 0 amide bonds. The summed E-state index contributed by atoms with van der Waals surface area (Å²) in [5.41, 5.74) is 0. The Bertz CT molecular complexity index is 561. The van der Waals surface area contributed by atoms with Gasteiger partial charge < -0.3 is 37.9 Å². The Morgan fingerprint density at radius 3 is 1.20 bits per heavy atom. The third kappa shape index (κ3) is 11.4. The largest absolute Gasteiger partial charge is 0.463 e. The number of ether oxygens (including phenoxy) is 8. The molecule has 2 rings (SSSR count). The first kappa shape index (κ1) is 29.7. The molecule has 0 heterocycles. The van der Waals surface area contributed by atoms with E-state index < -0.39 is 11.8 Å². The van der Waals surface area contributed by atoms with Crippen LogP contribution in [0.2, 0.25) is 0 Å². The van der Waals surface area contributed by atoms with E-state index in [1.54, 1.807) is 0 Å². The molecular formula is C25H42O10. The lowest BCUT2D eigenvalue weighted by atomic mass is 9.83. The Labute approximate surface area is 208 Å². The summed E-state index contributed by atoms with van der Waals surface area (Å²) in [6.45, 7) is 9.95. The van der Waals surface area contributed by atoms with Gasteiger partial charge >= 0.3 is 11.9 Å². The molecule has 0 N–H and O–H groups in total. The van der Waals surface area contributed by atoms with Crippen molar-refractivity contribution < 1.29 is 47.5 Å². The van der Waals surface area contributed by atoms with Crippen LogP contribution in [0.25, 0.3) is 0 Å². The standard InChI is InChI=1S/C25H42O10/c1-3-28-7-9-30-11-13-32-15-17-34-24(26)22-20-5-6-21(19-20)23(22)25(27)35-18-16-33-14-12-31-10-8-29-4-2/h5-6,20-23H,3-4,7-19H2,1-2H3/t20-,21+,22-,23-/m0/s1. The van der Waals surface area contributed by atoms with E-state index >= 15 is 0 Å². The van der Waals surface area contributed by atoms with E-state index in [2.05, 4.69) is 0 Å². The van der Waals surface area contributed by atoms with Gasteiger partial charge in [-0.1, -0.05) is 12.2 Å². The van der Waals surface area contributed by atoms with Crippen molar-refractivity contribution in [3.8, 4) is 0 Å². The molecule has 2 aliphatic rings. The zero-order valence-electron chi connectivity index (χ0n) is 21.2. The van der Waals surface area contributed by atoms with E-state index in [-0.39, 0.29) is 50.2 Å². The molecule has 2 bridgehead atoms. The maximum atomic E-state index is 12.7.